The van der Waals surface area contributed by atoms with E-state index >= 15 is 0 Å². The molecule has 0 saturated carbocycles. The maximum Gasteiger partial charge on any atom is 0.236 e. The minimum atomic E-state index is 0.262. The molecule has 5 heteroatoms. The first kappa shape index (κ1) is 15.0. The lowest BCUT2D eigenvalue weighted by Gasteiger charge is -2.27. The molecule has 2 heterocycles. The van der Waals surface area contributed by atoms with Gasteiger partial charge in [0.25, 0.3) is 0 Å². The Morgan fingerprint density at radius 1 is 1.25 bits per heavy atom. The molecule has 2 rings (SSSR count). The minimum Gasteiger partial charge on any atom is -0.342 e. The van der Waals surface area contributed by atoms with Crippen LogP contribution in [-0.2, 0) is 18.4 Å². The van der Waals surface area contributed by atoms with E-state index in [2.05, 4.69) is 10.00 Å². The van der Waals surface area contributed by atoms with Crippen molar-refractivity contribution in [1.82, 2.24) is 19.6 Å². The summed E-state index contributed by atoms with van der Waals surface area (Å²) in [7, 11) is 3.91. The quantitative estimate of drug-likeness (QED) is 0.841. The van der Waals surface area contributed by atoms with E-state index in [0.29, 0.717) is 6.54 Å². The fourth-order valence-corrected chi connectivity index (χ4v) is 2.75. The SMILES string of the molecule is CN(CC(=O)N1CCCCCCC1)Cc1cnn(C)c1. The van der Waals surface area contributed by atoms with Crippen molar-refractivity contribution in [1.29, 1.82) is 0 Å². The van der Waals surface area contributed by atoms with Crippen LogP contribution in [0.25, 0.3) is 0 Å². The summed E-state index contributed by atoms with van der Waals surface area (Å²) in [5, 5.41) is 4.16. The highest BCUT2D eigenvalue weighted by atomic mass is 16.2. The Kier molecular flexibility index (Phi) is 5.59. The Labute approximate surface area is 121 Å². The molecular formula is C15H26N4O. The van der Waals surface area contributed by atoms with Crippen molar-refractivity contribution in [3.05, 3.63) is 18.0 Å². The molecule has 1 aliphatic rings. The number of hydrogen-bond donors (Lipinski definition) is 0. The smallest absolute Gasteiger partial charge is 0.236 e. The standard InChI is InChI=1S/C15H26N4O/c1-17(11-14-10-16-18(2)12-14)13-15(20)19-8-6-4-3-5-7-9-19/h10,12H,3-9,11,13H2,1-2H3. The summed E-state index contributed by atoms with van der Waals surface area (Å²) in [6.45, 7) is 3.13. The fraction of sp³-hybridized carbons (Fsp3) is 0.733. The zero-order valence-electron chi connectivity index (χ0n) is 12.7. The fourth-order valence-electron chi connectivity index (χ4n) is 2.75. The second kappa shape index (κ2) is 7.43. The number of hydrogen-bond acceptors (Lipinski definition) is 3. The lowest BCUT2D eigenvalue weighted by molar-refractivity contribution is -0.132. The monoisotopic (exact) mass is 278 g/mol. The normalized spacial score (nSPS) is 17.1. The maximum absolute atomic E-state index is 12.3. The highest BCUT2D eigenvalue weighted by molar-refractivity contribution is 5.78. The number of aryl methyl sites for hydroxylation is 1. The van der Waals surface area contributed by atoms with Gasteiger partial charge in [-0.3, -0.25) is 14.4 Å². The molecular weight excluding hydrogens is 252 g/mol. The number of likely N-dealkylation sites (tertiary alicyclic amines) is 1. The molecule has 0 spiro atoms. The molecule has 1 aromatic rings. The summed E-state index contributed by atoms with van der Waals surface area (Å²) in [4.78, 5) is 16.4. The van der Waals surface area contributed by atoms with Crippen LogP contribution in [0.4, 0.5) is 0 Å². The van der Waals surface area contributed by atoms with Crippen LogP contribution in [0, 0.1) is 0 Å². The van der Waals surface area contributed by atoms with E-state index in [1.165, 1.54) is 19.3 Å². The van der Waals surface area contributed by atoms with Crippen molar-refractivity contribution >= 4 is 5.91 Å². The van der Waals surface area contributed by atoms with Crippen LogP contribution in [0.15, 0.2) is 12.4 Å². The average Bonchev–Trinajstić information content (AvgIpc) is 2.73. The Hall–Kier alpha value is -1.36. The number of likely N-dealkylation sites (N-methyl/N-ethyl adjacent to an activating group) is 1. The molecule has 0 atom stereocenters. The average molecular weight is 278 g/mol. The Bertz CT molecular complexity index is 421. The molecule has 0 aliphatic carbocycles. The summed E-state index contributed by atoms with van der Waals surface area (Å²) in [5.74, 6) is 0.262. The molecule has 0 unspecified atom stereocenters. The van der Waals surface area contributed by atoms with Gasteiger partial charge in [-0.1, -0.05) is 19.3 Å². The predicted octanol–water partition coefficient (Wildman–Crippen LogP) is 1.64. The highest BCUT2D eigenvalue weighted by Crippen LogP contribution is 2.11. The zero-order valence-corrected chi connectivity index (χ0v) is 12.7. The number of rotatable bonds is 4. The van der Waals surface area contributed by atoms with E-state index < -0.39 is 0 Å². The van der Waals surface area contributed by atoms with Gasteiger partial charge in [-0.15, -0.1) is 0 Å². The van der Waals surface area contributed by atoms with E-state index in [4.69, 9.17) is 0 Å². The molecule has 0 radical (unpaired) electrons. The van der Waals surface area contributed by atoms with Crippen molar-refractivity contribution in [3.63, 3.8) is 0 Å². The molecule has 0 bridgehead atoms. The van der Waals surface area contributed by atoms with Crippen molar-refractivity contribution in [2.45, 2.75) is 38.6 Å². The zero-order chi connectivity index (χ0) is 14.4. The molecule has 5 nitrogen and oxygen atoms in total. The third kappa shape index (κ3) is 4.63. The summed E-state index contributed by atoms with van der Waals surface area (Å²) in [6, 6.07) is 0. The molecule has 1 aromatic heterocycles. The van der Waals surface area contributed by atoms with Crippen LogP contribution in [-0.4, -0.2) is 52.2 Å². The van der Waals surface area contributed by atoms with Gasteiger partial charge in [0, 0.05) is 38.4 Å². The van der Waals surface area contributed by atoms with Crippen molar-refractivity contribution < 1.29 is 4.79 Å². The summed E-state index contributed by atoms with van der Waals surface area (Å²) in [5.41, 5.74) is 1.15. The van der Waals surface area contributed by atoms with Crippen LogP contribution in [0.3, 0.4) is 0 Å². The lowest BCUT2D eigenvalue weighted by Crippen LogP contribution is -2.40. The van der Waals surface area contributed by atoms with Crippen LogP contribution >= 0.6 is 0 Å². The van der Waals surface area contributed by atoms with Gasteiger partial charge in [-0.05, 0) is 19.9 Å². The molecule has 20 heavy (non-hydrogen) atoms. The first-order valence-electron chi connectivity index (χ1n) is 7.59. The summed E-state index contributed by atoms with van der Waals surface area (Å²) in [6.07, 6.45) is 10.00. The van der Waals surface area contributed by atoms with Gasteiger partial charge in [0.1, 0.15) is 0 Å². The summed E-state index contributed by atoms with van der Waals surface area (Å²) >= 11 is 0. The van der Waals surface area contributed by atoms with Gasteiger partial charge in [-0.2, -0.15) is 5.10 Å². The number of nitrogens with zero attached hydrogens (tertiary/aromatic N) is 4. The topological polar surface area (TPSA) is 41.4 Å². The van der Waals surface area contributed by atoms with E-state index in [-0.39, 0.29) is 5.91 Å². The van der Waals surface area contributed by atoms with Crippen LogP contribution < -0.4 is 0 Å². The number of carbonyl (C=O) groups excluding carboxylic acids is 1. The van der Waals surface area contributed by atoms with Crippen LogP contribution in [0.1, 0.15) is 37.7 Å². The number of amides is 1. The number of aromatic nitrogens is 2. The van der Waals surface area contributed by atoms with Crippen molar-refractivity contribution in [3.8, 4) is 0 Å². The molecule has 0 N–H and O–H groups in total. The second-order valence-electron chi connectivity index (χ2n) is 5.84. The minimum absolute atomic E-state index is 0.262. The van der Waals surface area contributed by atoms with E-state index in [1.807, 2.05) is 31.4 Å². The molecule has 1 saturated heterocycles. The Balaban J connectivity index is 1.79. The Morgan fingerprint density at radius 2 is 1.90 bits per heavy atom. The first-order chi connectivity index (χ1) is 9.65. The molecule has 1 aliphatic heterocycles. The molecule has 1 fully saturated rings. The van der Waals surface area contributed by atoms with E-state index in [9.17, 15) is 4.79 Å². The molecule has 1 amide bonds. The van der Waals surface area contributed by atoms with Gasteiger partial charge in [-0.25, -0.2) is 0 Å². The Morgan fingerprint density at radius 3 is 2.50 bits per heavy atom. The van der Waals surface area contributed by atoms with E-state index in [1.54, 1.807) is 4.68 Å². The van der Waals surface area contributed by atoms with Gasteiger partial charge in [0.2, 0.25) is 5.91 Å². The first-order valence-corrected chi connectivity index (χ1v) is 7.59. The maximum atomic E-state index is 12.3. The number of carbonyl (C=O) groups is 1. The lowest BCUT2D eigenvalue weighted by atomic mass is 10.1. The van der Waals surface area contributed by atoms with Gasteiger partial charge in [0.15, 0.2) is 0 Å². The van der Waals surface area contributed by atoms with Gasteiger partial charge >= 0.3 is 0 Å². The second-order valence-corrected chi connectivity index (χ2v) is 5.84. The van der Waals surface area contributed by atoms with Crippen molar-refractivity contribution in [2.24, 2.45) is 7.05 Å². The van der Waals surface area contributed by atoms with E-state index in [0.717, 1.165) is 38.0 Å². The van der Waals surface area contributed by atoms with Crippen molar-refractivity contribution in [2.75, 3.05) is 26.7 Å². The summed E-state index contributed by atoms with van der Waals surface area (Å²) < 4.78 is 1.79. The largest absolute Gasteiger partial charge is 0.342 e. The molecule has 0 aromatic carbocycles. The third-order valence-corrected chi connectivity index (χ3v) is 3.82. The molecule has 112 valence electrons. The van der Waals surface area contributed by atoms with Gasteiger partial charge < -0.3 is 4.90 Å². The van der Waals surface area contributed by atoms with Gasteiger partial charge in [0.05, 0.1) is 12.7 Å². The third-order valence-electron chi connectivity index (χ3n) is 3.82. The highest BCUT2D eigenvalue weighted by Gasteiger charge is 2.16. The van der Waals surface area contributed by atoms with Crippen LogP contribution in [0.5, 0.6) is 0 Å². The predicted molar refractivity (Wildman–Crippen MR) is 79.2 cm³/mol. The van der Waals surface area contributed by atoms with Crippen LogP contribution in [0.2, 0.25) is 0 Å².